The molecule has 0 N–H and O–H groups in total. The molecule has 2 aromatic rings. The topological polar surface area (TPSA) is 54.0 Å². The lowest BCUT2D eigenvalue weighted by molar-refractivity contribution is -0.119. The predicted octanol–water partition coefficient (Wildman–Crippen LogP) is 5.20. The van der Waals surface area contributed by atoms with Gasteiger partial charge in [-0.2, -0.15) is 0 Å². The second kappa shape index (κ2) is 10.8. The van der Waals surface area contributed by atoms with Gasteiger partial charge in [0.1, 0.15) is 5.78 Å². The number of rotatable bonds is 10. The third-order valence-corrected chi connectivity index (χ3v) is 6.12. The average molecular weight is 425 g/mol. The molecule has 1 saturated heterocycles. The number of Topliss-reactive ketones (excluding diaryl/α,β-unsaturated/α-hetero) is 1. The fraction of sp³-hybridized carbons (Fsp3) is 0.500. The number of benzene rings is 2. The number of aryl methyl sites for hydroxylation is 2. The molecule has 2 fully saturated rings. The fourth-order valence-corrected chi connectivity index (χ4v) is 4.37. The van der Waals surface area contributed by atoms with Gasteiger partial charge in [0.05, 0.1) is 26.4 Å². The molecule has 1 aliphatic carbocycles. The largest absolute Gasteiger partial charge is 0.493 e. The molecule has 5 heteroatoms. The fourth-order valence-electron chi connectivity index (χ4n) is 4.37. The van der Waals surface area contributed by atoms with Crippen LogP contribution < -0.4 is 9.47 Å². The van der Waals surface area contributed by atoms with Crippen LogP contribution >= 0.6 is 0 Å². The number of carbonyl (C=O) groups excluding carboxylic acids is 1. The van der Waals surface area contributed by atoms with Crippen molar-refractivity contribution in [3.8, 4) is 11.5 Å². The first-order valence-electron chi connectivity index (χ1n) is 11.4. The van der Waals surface area contributed by atoms with Crippen LogP contribution in [0.15, 0.2) is 42.5 Å². The first-order valence-corrected chi connectivity index (χ1v) is 11.4. The number of ether oxygens (including phenoxy) is 4. The maximum absolute atomic E-state index is 12.6. The van der Waals surface area contributed by atoms with Crippen LogP contribution in [0, 0.1) is 0 Å². The number of hydrogen-bond donors (Lipinski definition) is 0. The van der Waals surface area contributed by atoms with Crippen LogP contribution in [-0.2, 0) is 27.1 Å². The molecule has 2 aliphatic rings. The predicted molar refractivity (Wildman–Crippen MR) is 119 cm³/mol. The zero-order valence-corrected chi connectivity index (χ0v) is 18.3. The maximum Gasteiger partial charge on any atom is 0.184 e. The Hall–Kier alpha value is -2.37. The van der Waals surface area contributed by atoms with Gasteiger partial charge in [-0.15, -0.1) is 0 Å². The van der Waals surface area contributed by atoms with Crippen molar-refractivity contribution in [3.63, 3.8) is 0 Å². The Balaban J connectivity index is 1.31. The van der Waals surface area contributed by atoms with Crippen LogP contribution in [-0.4, -0.2) is 32.2 Å². The van der Waals surface area contributed by atoms with Crippen LogP contribution in [0.1, 0.15) is 61.5 Å². The normalized spacial score (nSPS) is 17.2. The van der Waals surface area contributed by atoms with E-state index in [1.54, 1.807) is 7.11 Å². The van der Waals surface area contributed by atoms with E-state index >= 15 is 0 Å². The molecule has 31 heavy (non-hydrogen) atoms. The van der Waals surface area contributed by atoms with Crippen molar-refractivity contribution in [1.82, 2.24) is 0 Å². The molecule has 0 bridgehead atoms. The number of ketones is 1. The molecular formula is C26H32O5. The summed E-state index contributed by atoms with van der Waals surface area (Å²) < 4.78 is 22.9. The smallest absolute Gasteiger partial charge is 0.184 e. The van der Waals surface area contributed by atoms with Crippen molar-refractivity contribution in [1.29, 1.82) is 0 Å². The molecule has 166 valence electrons. The summed E-state index contributed by atoms with van der Waals surface area (Å²) in [4.78, 5) is 12.6. The van der Waals surface area contributed by atoms with Crippen molar-refractivity contribution in [3.05, 3.63) is 59.2 Å². The molecule has 1 saturated carbocycles. The Bertz CT molecular complexity index is 866. The zero-order valence-electron chi connectivity index (χ0n) is 18.3. The van der Waals surface area contributed by atoms with Gasteiger partial charge >= 0.3 is 0 Å². The van der Waals surface area contributed by atoms with Gasteiger partial charge in [-0.1, -0.05) is 30.3 Å². The Labute approximate surface area is 184 Å². The quantitative estimate of drug-likeness (QED) is 0.525. The lowest BCUT2D eigenvalue weighted by Gasteiger charge is -2.17. The second-order valence-corrected chi connectivity index (χ2v) is 8.32. The lowest BCUT2D eigenvalue weighted by atomic mass is 9.98. The maximum atomic E-state index is 12.6. The summed E-state index contributed by atoms with van der Waals surface area (Å²) in [5.74, 6) is 1.82. The van der Waals surface area contributed by atoms with Gasteiger partial charge in [-0.3, -0.25) is 4.79 Å². The summed E-state index contributed by atoms with van der Waals surface area (Å²) in [6.45, 7) is 1.23. The molecule has 0 radical (unpaired) electrons. The molecule has 0 atom stereocenters. The van der Waals surface area contributed by atoms with Crippen LogP contribution in [0.3, 0.4) is 0 Å². The SMILES string of the molecule is COc1ccc(CCC(=O)CCc2ccccc2C2OCCO2)cc1OC1CCCC1. The first kappa shape index (κ1) is 21.8. The number of hydrogen-bond acceptors (Lipinski definition) is 5. The van der Waals surface area contributed by atoms with Crippen LogP contribution in [0.2, 0.25) is 0 Å². The van der Waals surface area contributed by atoms with Crippen LogP contribution in [0.4, 0.5) is 0 Å². The lowest BCUT2D eigenvalue weighted by Crippen LogP contribution is -2.12. The molecule has 0 spiro atoms. The highest BCUT2D eigenvalue weighted by Crippen LogP contribution is 2.33. The molecule has 1 heterocycles. The molecule has 4 rings (SSSR count). The molecular weight excluding hydrogens is 392 g/mol. The molecule has 1 aliphatic heterocycles. The van der Waals surface area contributed by atoms with Gasteiger partial charge < -0.3 is 18.9 Å². The Kier molecular flexibility index (Phi) is 7.60. The average Bonchev–Trinajstić information content (AvgIpc) is 3.51. The molecule has 0 aromatic heterocycles. The highest BCUT2D eigenvalue weighted by molar-refractivity contribution is 5.79. The van der Waals surface area contributed by atoms with Gasteiger partial charge in [0.2, 0.25) is 0 Å². The van der Waals surface area contributed by atoms with Crippen LogP contribution in [0.25, 0.3) is 0 Å². The minimum absolute atomic E-state index is 0.261. The summed E-state index contributed by atoms with van der Waals surface area (Å²) in [5.41, 5.74) is 3.27. The third kappa shape index (κ3) is 5.86. The van der Waals surface area contributed by atoms with E-state index in [0.717, 1.165) is 41.0 Å². The number of methoxy groups -OCH3 is 1. The standard InChI is InChI=1S/C26H32O5/c1-28-24-15-11-19(18-25(24)31-22-7-3-4-8-22)10-13-21(27)14-12-20-6-2-5-9-23(20)26-29-16-17-30-26/h2,5-6,9,11,15,18,22,26H,3-4,7-8,10,12-14,16-17H2,1H3. The minimum atomic E-state index is -0.302. The van der Waals surface area contributed by atoms with E-state index in [9.17, 15) is 4.79 Å². The second-order valence-electron chi connectivity index (χ2n) is 8.32. The van der Waals surface area contributed by atoms with E-state index < -0.39 is 0 Å². The van der Waals surface area contributed by atoms with Crippen molar-refractivity contribution in [2.75, 3.05) is 20.3 Å². The molecule has 2 aromatic carbocycles. The summed E-state index contributed by atoms with van der Waals surface area (Å²) in [6.07, 6.45) is 7.08. The van der Waals surface area contributed by atoms with Gasteiger partial charge in [0.25, 0.3) is 0 Å². The monoisotopic (exact) mass is 424 g/mol. The Morgan fingerprint density at radius 1 is 0.968 bits per heavy atom. The van der Waals surface area contributed by atoms with E-state index in [-0.39, 0.29) is 18.2 Å². The van der Waals surface area contributed by atoms with E-state index in [2.05, 4.69) is 6.07 Å². The van der Waals surface area contributed by atoms with Crippen molar-refractivity contribution in [2.24, 2.45) is 0 Å². The van der Waals surface area contributed by atoms with E-state index in [1.165, 1.54) is 12.8 Å². The van der Waals surface area contributed by atoms with E-state index in [0.29, 0.717) is 38.9 Å². The highest BCUT2D eigenvalue weighted by atomic mass is 16.7. The molecule has 5 nitrogen and oxygen atoms in total. The highest BCUT2D eigenvalue weighted by Gasteiger charge is 2.21. The van der Waals surface area contributed by atoms with Crippen molar-refractivity contribution < 1.29 is 23.7 Å². The Morgan fingerprint density at radius 3 is 2.48 bits per heavy atom. The van der Waals surface area contributed by atoms with Gasteiger partial charge in [-0.05, 0) is 61.8 Å². The van der Waals surface area contributed by atoms with Gasteiger partial charge in [0.15, 0.2) is 17.8 Å². The van der Waals surface area contributed by atoms with Crippen LogP contribution in [0.5, 0.6) is 11.5 Å². The van der Waals surface area contributed by atoms with E-state index in [1.807, 2.05) is 36.4 Å². The van der Waals surface area contributed by atoms with Gasteiger partial charge in [-0.25, -0.2) is 0 Å². The summed E-state index contributed by atoms with van der Waals surface area (Å²) in [5, 5.41) is 0. The third-order valence-electron chi connectivity index (χ3n) is 6.12. The first-order chi connectivity index (χ1) is 15.2. The summed E-state index contributed by atoms with van der Waals surface area (Å²) in [6, 6.07) is 14.1. The minimum Gasteiger partial charge on any atom is -0.493 e. The summed E-state index contributed by atoms with van der Waals surface area (Å²) in [7, 11) is 1.67. The van der Waals surface area contributed by atoms with Gasteiger partial charge in [0, 0.05) is 18.4 Å². The van der Waals surface area contributed by atoms with Crippen molar-refractivity contribution >= 4 is 5.78 Å². The number of carbonyl (C=O) groups is 1. The van der Waals surface area contributed by atoms with E-state index in [4.69, 9.17) is 18.9 Å². The Morgan fingerprint density at radius 2 is 1.71 bits per heavy atom. The molecule has 0 amide bonds. The summed E-state index contributed by atoms with van der Waals surface area (Å²) >= 11 is 0. The zero-order chi connectivity index (χ0) is 21.5. The molecule has 0 unspecified atom stereocenters. The van der Waals surface area contributed by atoms with Crippen molar-refractivity contribution in [2.45, 2.75) is 63.8 Å².